The van der Waals surface area contributed by atoms with Gasteiger partial charge >= 0.3 is 0 Å². The van der Waals surface area contributed by atoms with Crippen LogP contribution >= 0.6 is 0 Å². The molecule has 1 rings (SSSR count). The molecule has 0 atom stereocenters. The third-order valence-corrected chi connectivity index (χ3v) is 5.35. The lowest BCUT2D eigenvalue weighted by molar-refractivity contribution is 0.0369. The summed E-state index contributed by atoms with van der Waals surface area (Å²) in [6, 6.07) is 0. The fourth-order valence-corrected chi connectivity index (χ4v) is 3.71. The molecule has 0 saturated heterocycles. The molecule has 24 heavy (non-hydrogen) atoms. The summed E-state index contributed by atoms with van der Waals surface area (Å²) in [6.07, 6.45) is 21.9. The minimum absolute atomic E-state index is 0.292. The quantitative estimate of drug-likeness (QED) is 0.505. The summed E-state index contributed by atoms with van der Waals surface area (Å²) in [6.45, 7) is 4.80. The lowest BCUT2D eigenvalue weighted by Crippen LogP contribution is -2.14. The monoisotopic (exact) mass is 338 g/mol. The van der Waals surface area contributed by atoms with Crippen molar-refractivity contribution in [3.8, 4) is 0 Å². The van der Waals surface area contributed by atoms with E-state index in [-0.39, 0.29) is 6.10 Å². The molecule has 2 heteroatoms. The standard InChI is InChI=1S/C22H42O2/c1-2-3-20-24-22-18-14-10-6-4-8-12-16-21(23)17-13-9-5-7-11-15-19-22/h21-22H,1-20H2. The Balaban J connectivity index is 2.25. The van der Waals surface area contributed by atoms with Gasteiger partial charge in [-0.2, -0.15) is 0 Å². The smallest absolute Gasteiger partial charge is 0.0930 e. The highest BCUT2D eigenvalue weighted by Gasteiger charge is 2.10. The predicted molar refractivity (Wildman–Crippen MR) is 103 cm³/mol. The Morgan fingerprint density at radius 2 is 1.08 bits per heavy atom. The molecule has 2 radical (unpaired) electrons. The van der Waals surface area contributed by atoms with Gasteiger partial charge in [0, 0.05) is 6.61 Å². The van der Waals surface area contributed by atoms with Gasteiger partial charge in [0.15, 0.2) is 0 Å². The van der Waals surface area contributed by atoms with Crippen molar-refractivity contribution in [3.63, 3.8) is 0 Å². The van der Waals surface area contributed by atoms with Crippen LogP contribution < -0.4 is 0 Å². The van der Waals surface area contributed by atoms with E-state index in [0.29, 0.717) is 6.10 Å². The van der Waals surface area contributed by atoms with E-state index in [2.05, 4.69) is 6.92 Å². The van der Waals surface area contributed by atoms with E-state index in [1.807, 2.05) is 0 Å². The van der Waals surface area contributed by atoms with E-state index < -0.39 is 0 Å². The molecule has 0 spiro atoms. The van der Waals surface area contributed by atoms with E-state index in [9.17, 15) is 5.11 Å². The highest BCUT2D eigenvalue weighted by atomic mass is 16.5. The molecule has 1 saturated carbocycles. The predicted octanol–water partition coefficient (Wildman–Crippen LogP) is 7.04. The van der Waals surface area contributed by atoms with Crippen LogP contribution in [-0.4, -0.2) is 18.8 Å². The number of hydrogen-bond acceptors (Lipinski definition) is 1. The summed E-state index contributed by atoms with van der Waals surface area (Å²) in [5, 5.41) is 11.9. The van der Waals surface area contributed by atoms with Crippen molar-refractivity contribution in [1.29, 1.82) is 0 Å². The molecule has 0 aromatic carbocycles. The number of unbranched alkanes of at least 4 members (excludes halogenated alkanes) is 1. The maximum Gasteiger partial charge on any atom is 0.0930 e. The van der Waals surface area contributed by atoms with Crippen molar-refractivity contribution in [2.45, 2.75) is 128 Å². The summed E-state index contributed by atoms with van der Waals surface area (Å²) in [5.74, 6) is 0. The van der Waals surface area contributed by atoms with Crippen LogP contribution in [0.4, 0.5) is 0 Å². The molecular formula is C22H42O2. The molecule has 0 aliphatic heterocycles. The molecule has 1 aliphatic carbocycles. The Labute approximate surface area is 151 Å². The van der Waals surface area contributed by atoms with Crippen LogP contribution in [0.1, 0.15) is 116 Å². The normalized spacial score (nSPS) is 27.2. The van der Waals surface area contributed by atoms with Gasteiger partial charge in [0.2, 0.25) is 0 Å². The molecule has 1 aliphatic rings. The number of ether oxygens (including phenoxy) is 1. The molecule has 142 valence electrons. The van der Waals surface area contributed by atoms with E-state index in [0.717, 1.165) is 45.1 Å². The Bertz CT molecular complexity index is 234. The number of hydrogen-bond donors (Lipinski definition) is 0. The second-order valence-corrected chi connectivity index (χ2v) is 7.72. The fraction of sp³-hybridized carbons (Fsp3) is 0.955. The van der Waals surface area contributed by atoms with Crippen molar-refractivity contribution in [2.24, 2.45) is 0 Å². The molecule has 0 N–H and O–H groups in total. The minimum Gasteiger partial charge on any atom is -0.378 e. The van der Waals surface area contributed by atoms with Gasteiger partial charge in [0.25, 0.3) is 0 Å². The highest BCUT2D eigenvalue weighted by molar-refractivity contribution is 4.62. The largest absolute Gasteiger partial charge is 0.378 e. The lowest BCUT2D eigenvalue weighted by atomic mass is 9.99. The van der Waals surface area contributed by atoms with Gasteiger partial charge in [-0.1, -0.05) is 90.4 Å². The van der Waals surface area contributed by atoms with Crippen molar-refractivity contribution in [3.05, 3.63) is 6.92 Å². The van der Waals surface area contributed by atoms with Gasteiger partial charge in [0.1, 0.15) is 0 Å². The first-order chi connectivity index (χ1) is 11.8. The zero-order chi connectivity index (χ0) is 17.3. The Hall–Kier alpha value is -0.0800. The van der Waals surface area contributed by atoms with Crippen LogP contribution in [0.5, 0.6) is 0 Å². The molecule has 0 aromatic rings. The fourth-order valence-electron chi connectivity index (χ4n) is 3.71. The molecular weight excluding hydrogens is 296 g/mol. The highest BCUT2D eigenvalue weighted by Crippen LogP contribution is 2.19. The summed E-state index contributed by atoms with van der Waals surface area (Å²) in [7, 11) is 0. The average Bonchev–Trinajstić information content (AvgIpc) is 2.58. The van der Waals surface area contributed by atoms with E-state index in [4.69, 9.17) is 4.74 Å². The first kappa shape index (κ1) is 22.0. The molecule has 0 heterocycles. The van der Waals surface area contributed by atoms with Gasteiger partial charge in [-0.15, -0.1) is 0 Å². The first-order valence-corrected chi connectivity index (χ1v) is 10.9. The Morgan fingerprint density at radius 1 is 0.667 bits per heavy atom. The van der Waals surface area contributed by atoms with Crippen molar-refractivity contribution >= 4 is 0 Å². The van der Waals surface area contributed by atoms with Crippen LogP contribution in [0.25, 0.3) is 0 Å². The third kappa shape index (κ3) is 13.2. The zero-order valence-electron chi connectivity index (χ0n) is 16.1. The van der Waals surface area contributed by atoms with E-state index in [1.165, 1.54) is 77.0 Å². The van der Waals surface area contributed by atoms with Crippen molar-refractivity contribution in [2.75, 3.05) is 6.61 Å². The van der Waals surface area contributed by atoms with E-state index >= 15 is 0 Å². The molecule has 2 nitrogen and oxygen atoms in total. The Morgan fingerprint density at radius 3 is 1.54 bits per heavy atom. The molecule has 1 fully saturated rings. The van der Waals surface area contributed by atoms with Gasteiger partial charge in [-0.3, -0.25) is 0 Å². The molecule has 0 bridgehead atoms. The summed E-state index contributed by atoms with van der Waals surface area (Å²) < 4.78 is 6.10. The number of rotatable bonds is 4. The maximum atomic E-state index is 11.9. The van der Waals surface area contributed by atoms with E-state index in [1.54, 1.807) is 0 Å². The Kier molecular flexibility index (Phi) is 15.0. The van der Waals surface area contributed by atoms with Crippen LogP contribution in [0.3, 0.4) is 0 Å². The SMILES string of the molecule is [CH2]CCCOC1CCCCCCCCC([O])CCCCCCCC1. The van der Waals surface area contributed by atoms with Crippen LogP contribution in [-0.2, 0) is 9.84 Å². The van der Waals surface area contributed by atoms with Gasteiger partial charge < -0.3 is 4.74 Å². The topological polar surface area (TPSA) is 29.1 Å². The second-order valence-electron chi connectivity index (χ2n) is 7.72. The van der Waals surface area contributed by atoms with Crippen LogP contribution in [0.15, 0.2) is 0 Å². The van der Waals surface area contributed by atoms with Crippen LogP contribution in [0, 0.1) is 6.92 Å². The maximum absolute atomic E-state index is 11.9. The average molecular weight is 339 g/mol. The lowest BCUT2D eigenvalue weighted by Gasteiger charge is -2.18. The minimum atomic E-state index is -0.292. The zero-order valence-corrected chi connectivity index (χ0v) is 16.1. The van der Waals surface area contributed by atoms with Crippen molar-refractivity contribution in [1.82, 2.24) is 0 Å². The summed E-state index contributed by atoms with van der Waals surface area (Å²) >= 11 is 0. The van der Waals surface area contributed by atoms with Gasteiger partial charge in [0.05, 0.1) is 12.2 Å². The molecule has 0 unspecified atom stereocenters. The third-order valence-electron chi connectivity index (χ3n) is 5.35. The van der Waals surface area contributed by atoms with Crippen LogP contribution in [0.2, 0.25) is 0 Å². The van der Waals surface area contributed by atoms with Crippen molar-refractivity contribution < 1.29 is 9.84 Å². The van der Waals surface area contributed by atoms with Gasteiger partial charge in [-0.25, -0.2) is 5.11 Å². The molecule has 0 aromatic heterocycles. The summed E-state index contributed by atoms with van der Waals surface area (Å²) in [5.41, 5.74) is 0. The second kappa shape index (κ2) is 16.4. The molecule has 0 amide bonds. The van der Waals surface area contributed by atoms with Gasteiger partial charge in [-0.05, 0) is 32.1 Å². The first-order valence-electron chi connectivity index (χ1n) is 10.9. The summed E-state index contributed by atoms with van der Waals surface area (Å²) in [4.78, 5) is 0.